The lowest BCUT2D eigenvalue weighted by molar-refractivity contribution is -0.166. The second-order valence-corrected chi connectivity index (χ2v) is 11.6. The van der Waals surface area contributed by atoms with Crippen molar-refractivity contribution in [1.82, 2.24) is 0 Å². The van der Waals surface area contributed by atoms with Gasteiger partial charge in [-0.1, -0.05) is 113 Å². The van der Waals surface area contributed by atoms with Crippen LogP contribution in [0.15, 0.2) is 60.7 Å². The highest BCUT2D eigenvalue weighted by Crippen LogP contribution is 2.43. The molecule has 2 fully saturated rings. The van der Waals surface area contributed by atoms with E-state index in [1.807, 2.05) is 12.1 Å². The second-order valence-electron chi connectivity index (χ2n) is 11.6. The van der Waals surface area contributed by atoms with Crippen molar-refractivity contribution in [3.05, 3.63) is 71.8 Å². The van der Waals surface area contributed by atoms with Gasteiger partial charge < -0.3 is 14.2 Å². The third kappa shape index (κ3) is 10.2. The molecule has 2 saturated carbocycles. The summed E-state index contributed by atoms with van der Waals surface area (Å²) >= 11 is 0. The summed E-state index contributed by atoms with van der Waals surface area (Å²) in [5, 5.41) is 0. The predicted molar refractivity (Wildman–Crippen MR) is 152 cm³/mol. The lowest BCUT2D eigenvalue weighted by Crippen LogP contribution is -2.27. The zero-order valence-corrected chi connectivity index (χ0v) is 23.2. The van der Waals surface area contributed by atoms with E-state index in [0.717, 1.165) is 36.7 Å². The number of rotatable bonds is 15. The molecule has 37 heavy (non-hydrogen) atoms. The Morgan fingerprint density at radius 2 is 1.32 bits per heavy atom. The first-order valence-electron chi connectivity index (χ1n) is 15.2. The number of benzene rings is 2. The summed E-state index contributed by atoms with van der Waals surface area (Å²) in [6.07, 6.45) is 16.2. The van der Waals surface area contributed by atoms with Gasteiger partial charge in [0.1, 0.15) is 0 Å². The highest BCUT2D eigenvalue weighted by Gasteiger charge is 2.31. The van der Waals surface area contributed by atoms with E-state index in [1.165, 1.54) is 81.8 Å². The molecule has 0 radical (unpaired) electrons. The average Bonchev–Trinajstić information content (AvgIpc) is 2.96. The molecule has 0 heterocycles. The van der Waals surface area contributed by atoms with Gasteiger partial charge >= 0.3 is 0 Å². The molecule has 0 aromatic heterocycles. The normalized spacial score (nSPS) is 24.4. The van der Waals surface area contributed by atoms with Gasteiger partial charge in [0.25, 0.3) is 0 Å². The van der Waals surface area contributed by atoms with E-state index in [1.54, 1.807) is 0 Å². The van der Waals surface area contributed by atoms with Gasteiger partial charge in [-0.3, -0.25) is 0 Å². The Hall–Kier alpha value is -1.68. The Morgan fingerprint density at radius 3 is 1.95 bits per heavy atom. The van der Waals surface area contributed by atoms with E-state index >= 15 is 0 Å². The minimum Gasteiger partial charge on any atom is -0.381 e. The molecule has 2 atom stereocenters. The van der Waals surface area contributed by atoms with Gasteiger partial charge in [-0.25, -0.2) is 0 Å². The fraction of sp³-hybridized carbons (Fsp3) is 0.647. The van der Waals surface area contributed by atoms with Crippen molar-refractivity contribution in [2.75, 3.05) is 13.2 Å². The first-order valence-corrected chi connectivity index (χ1v) is 15.2. The largest absolute Gasteiger partial charge is 0.381 e. The van der Waals surface area contributed by atoms with Crippen molar-refractivity contribution in [3.8, 4) is 0 Å². The molecule has 0 bridgehead atoms. The first-order chi connectivity index (χ1) is 18.3. The molecule has 0 saturated heterocycles. The third-order valence-corrected chi connectivity index (χ3v) is 8.80. The van der Waals surface area contributed by atoms with Crippen LogP contribution in [0.5, 0.6) is 0 Å². The molecule has 0 amide bonds. The van der Waals surface area contributed by atoms with Crippen LogP contribution in [0, 0.1) is 23.7 Å². The molecule has 2 unspecified atom stereocenters. The summed E-state index contributed by atoms with van der Waals surface area (Å²) in [6.45, 7) is 5.01. The van der Waals surface area contributed by atoms with Gasteiger partial charge in [0.15, 0.2) is 6.29 Å². The fourth-order valence-corrected chi connectivity index (χ4v) is 6.65. The summed E-state index contributed by atoms with van der Waals surface area (Å²) in [7, 11) is 0. The quantitative estimate of drug-likeness (QED) is 0.178. The SMILES string of the molecule is CCCC1CCC(C2CCCC(CCOCCC(OCc3ccccc3)OCc3ccccc3)C2)CC1. The van der Waals surface area contributed by atoms with Crippen LogP contribution in [0.25, 0.3) is 0 Å². The molecule has 2 aromatic carbocycles. The Labute approximate surface area is 226 Å². The maximum Gasteiger partial charge on any atom is 0.160 e. The number of ether oxygens (including phenoxy) is 3. The first kappa shape index (κ1) is 28.3. The molecular formula is C34H50O3. The van der Waals surface area contributed by atoms with Gasteiger partial charge in [0.2, 0.25) is 0 Å². The van der Waals surface area contributed by atoms with Crippen LogP contribution in [-0.4, -0.2) is 19.5 Å². The molecular weight excluding hydrogens is 456 g/mol. The maximum atomic E-state index is 6.15. The molecule has 2 aliphatic carbocycles. The summed E-state index contributed by atoms with van der Waals surface area (Å²) in [4.78, 5) is 0. The minimum absolute atomic E-state index is 0.262. The Kier molecular flexibility index (Phi) is 12.5. The highest BCUT2D eigenvalue weighted by molar-refractivity contribution is 5.14. The van der Waals surface area contributed by atoms with Crippen LogP contribution in [0.2, 0.25) is 0 Å². The zero-order chi connectivity index (χ0) is 25.5. The fourth-order valence-electron chi connectivity index (χ4n) is 6.65. The topological polar surface area (TPSA) is 27.7 Å². The molecule has 2 aromatic rings. The molecule has 0 spiro atoms. The van der Waals surface area contributed by atoms with Crippen LogP contribution in [-0.2, 0) is 27.4 Å². The van der Waals surface area contributed by atoms with Crippen LogP contribution in [0.1, 0.15) is 95.1 Å². The number of hydrogen-bond donors (Lipinski definition) is 0. The van der Waals surface area contributed by atoms with Gasteiger partial charge in [0.05, 0.1) is 19.8 Å². The third-order valence-electron chi connectivity index (χ3n) is 8.80. The van der Waals surface area contributed by atoms with E-state index < -0.39 is 0 Å². The molecule has 0 aliphatic heterocycles. The Bertz CT molecular complexity index is 787. The van der Waals surface area contributed by atoms with Gasteiger partial charge in [-0.05, 0) is 60.5 Å². The van der Waals surface area contributed by atoms with Crippen molar-refractivity contribution < 1.29 is 14.2 Å². The molecule has 204 valence electrons. The zero-order valence-electron chi connectivity index (χ0n) is 23.2. The van der Waals surface area contributed by atoms with Crippen molar-refractivity contribution in [1.29, 1.82) is 0 Å². The second kappa shape index (κ2) is 16.3. The number of hydrogen-bond acceptors (Lipinski definition) is 3. The molecule has 0 N–H and O–H groups in total. The average molecular weight is 507 g/mol. The smallest absolute Gasteiger partial charge is 0.160 e. The lowest BCUT2D eigenvalue weighted by Gasteiger charge is -2.38. The summed E-state index contributed by atoms with van der Waals surface area (Å²) in [6, 6.07) is 20.7. The van der Waals surface area contributed by atoms with E-state index in [9.17, 15) is 0 Å². The van der Waals surface area contributed by atoms with Crippen molar-refractivity contribution >= 4 is 0 Å². The van der Waals surface area contributed by atoms with Crippen molar-refractivity contribution in [2.45, 2.75) is 103 Å². The van der Waals surface area contributed by atoms with Gasteiger partial charge in [-0.2, -0.15) is 0 Å². The van der Waals surface area contributed by atoms with Crippen LogP contribution >= 0.6 is 0 Å². The van der Waals surface area contributed by atoms with Crippen LogP contribution in [0.3, 0.4) is 0 Å². The molecule has 3 heteroatoms. The predicted octanol–water partition coefficient (Wildman–Crippen LogP) is 8.96. The highest BCUT2D eigenvalue weighted by atomic mass is 16.7. The Morgan fingerprint density at radius 1 is 0.676 bits per heavy atom. The summed E-state index contributed by atoms with van der Waals surface area (Å²) in [5.74, 6) is 3.85. The molecule has 3 nitrogen and oxygen atoms in total. The lowest BCUT2D eigenvalue weighted by atomic mass is 9.68. The van der Waals surface area contributed by atoms with E-state index in [2.05, 4.69) is 55.5 Å². The van der Waals surface area contributed by atoms with Gasteiger partial charge in [0, 0.05) is 13.0 Å². The van der Waals surface area contributed by atoms with E-state index in [0.29, 0.717) is 19.8 Å². The minimum atomic E-state index is -0.262. The molecule has 2 aliphatic rings. The Balaban J connectivity index is 1.14. The van der Waals surface area contributed by atoms with E-state index in [-0.39, 0.29) is 6.29 Å². The maximum absolute atomic E-state index is 6.15. The summed E-state index contributed by atoms with van der Waals surface area (Å²) < 4.78 is 18.4. The van der Waals surface area contributed by atoms with Crippen molar-refractivity contribution in [3.63, 3.8) is 0 Å². The van der Waals surface area contributed by atoms with Crippen LogP contribution < -0.4 is 0 Å². The molecule has 4 rings (SSSR count). The van der Waals surface area contributed by atoms with Gasteiger partial charge in [-0.15, -0.1) is 0 Å². The summed E-state index contributed by atoms with van der Waals surface area (Å²) in [5.41, 5.74) is 2.34. The van der Waals surface area contributed by atoms with E-state index in [4.69, 9.17) is 14.2 Å². The standard InChI is InChI=1S/C34H50O3/c1-2-10-28-17-19-32(20-18-28)33-16-9-15-29(25-33)21-23-35-24-22-34(36-26-30-11-5-3-6-12-30)37-27-31-13-7-4-8-14-31/h3-8,11-14,28-29,32-34H,2,9-10,15-27H2,1H3. The van der Waals surface area contributed by atoms with Crippen molar-refractivity contribution in [2.24, 2.45) is 23.7 Å². The monoisotopic (exact) mass is 506 g/mol. The van der Waals surface area contributed by atoms with Crippen LogP contribution in [0.4, 0.5) is 0 Å².